The van der Waals surface area contributed by atoms with E-state index in [1.54, 1.807) is 20.3 Å². The lowest BCUT2D eigenvalue weighted by Gasteiger charge is -2.33. The number of nitrogens with zero attached hydrogens (tertiary/aromatic N) is 1. The number of piperidine rings is 1. The van der Waals surface area contributed by atoms with Crippen molar-refractivity contribution in [1.29, 1.82) is 0 Å². The Morgan fingerprint density at radius 2 is 1.77 bits per heavy atom. The van der Waals surface area contributed by atoms with Crippen molar-refractivity contribution in [2.24, 2.45) is 0 Å². The van der Waals surface area contributed by atoms with Crippen molar-refractivity contribution in [3.8, 4) is 11.5 Å². The number of carbonyl (C=O) groups excluding carboxylic acids is 2. The molecule has 2 aromatic carbocycles. The zero-order valence-electron chi connectivity index (χ0n) is 17.9. The molecule has 7 nitrogen and oxygen atoms in total. The minimum atomic E-state index is -0.120. The molecule has 2 N–H and O–H groups in total. The summed E-state index contributed by atoms with van der Waals surface area (Å²) in [5.41, 5.74) is 2.28. The summed E-state index contributed by atoms with van der Waals surface area (Å²) in [4.78, 5) is 27.9. The number of ether oxygens (including phenoxy) is 2. The Balaban J connectivity index is 1.37. The van der Waals surface area contributed by atoms with E-state index >= 15 is 0 Å². The number of rotatable bonds is 5. The monoisotopic (exact) mass is 441 g/mol. The van der Waals surface area contributed by atoms with Crippen LogP contribution in [0.4, 0.5) is 11.4 Å². The Kier molecular flexibility index (Phi) is 6.27. The second-order valence-corrected chi connectivity index (χ2v) is 9.16. The Hall–Kier alpha value is -2.87. The molecule has 0 bridgehead atoms. The van der Waals surface area contributed by atoms with Crippen LogP contribution in [0.2, 0.25) is 0 Å². The number of hydrogen-bond donors (Lipinski definition) is 2. The van der Waals surface area contributed by atoms with E-state index in [-0.39, 0.29) is 23.1 Å². The molecule has 2 aliphatic heterocycles. The number of amides is 2. The molecule has 0 aliphatic carbocycles. The fourth-order valence-corrected chi connectivity index (χ4v) is 4.81. The van der Waals surface area contributed by atoms with Gasteiger partial charge in [0.2, 0.25) is 5.91 Å². The smallest absolute Gasteiger partial charge is 0.253 e. The molecule has 1 saturated heterocycles. The number of thioether (sulfide) groups is 1. The first-order chi connectivity index (χ1) is 15.0. The van der Waals surface area contributed by atoms with Gasteiger partial charge in [0.25, 0.3) is 5.91 Å². The molecule has 2 heterocycles. The zero-order chi connectivity index (χ0) is 22.0. The molecule has 0 aromatic heterocycles. The minimum absolute atomic E-state index is 0.00201. The van der Waals surface area contributed by atoms with Gasteiger partial charge in [0, 0.05) is 53.5 Å². The van der Waals surface area contributed by atoms with E-state index in [1.807, 2.05) is 42.2 Å². The normalized spacial score (nSPS) is 18.7. The van der Waals surface area contributed by atoms with Gasteiger partial charge in [-0.3, -0.25) is 9.59 Å². The number of methoxy groups -OCH3 is 2. The van der Waals surface area contributed by atoms with E-state index in [9.17, 15) is 9.59 Å². The molecule has 31 heavy (non-hydrogen) atoms. The molecule has 8 heteroatoms. The Morgan fingerprint density at radius 3 is 2.42 bits per heavy atom. The summed E-state index contributed by atoms with van der Waals surface area (Å²) >= 11 is 1.52. The number of hydrogen-bond acceptors (Lipinski definition) is 6. The Labute approximate surface area is 186 Å². The highest BCUT2D eigenvalue weighted by Crippen LogP contribution is 2.36. The largest absolute Gasteiger partial charge is 0.497 e. The van der Waals surface area contributed by atoms with Crippen LogP contribution < -0.4 is 20.1 Å². The van der Waals surface area contributed by atoms with E-state index in [0.717, 1.165) is 40.6 Å². The van der Waals surface area contributed by atoms with Gasteiger partial charge in [0.15, 0.2) is 0 Å². The SMILES string of the molecule is COc1cc(NC2CCN(C(=O)c3ccc4c(c3)NC(=O)[C@H](C)S4)CC2)cc(OC)c1. The third-order valence-electron chi connectivity index (χ3n) is 5.66. The van der Waals surface area contributed by atoms with Crippen LogP contribution in [-0.4, -0.2) is 55.3 Å². The van der Waals surface area contributed by atoms with Crippen LogP contribution in [0.5, 0.6) is 11.5 Å². The number of benzene rings is 2. The van der Waals surface area contributed by atoms with Gasteiger partial charge in [0.05, 0.1) is 25.2 Å². The average Bonchev–Trinajstić information content (AvgIpc) is 2.79. The fourth-order valence-electron chi connectivity index (χ4n) is 3.88. The second-order valence-electron chi connectivity index (χ2n) is 7.77. The Morgan fingerprint density at radius 1 is 1.10 bits per heavy atom. The van der Waals surface area contributed by atoms with Crippen molar-refractivity contribution in [2.75, 3.05) is 37.9 Å². The molecule has 0 unspecified atom stereocenters. The summed E-state index contributed by atoms with van der Waals surface area (Å²) in [6, 6.07) is 11.6. The van der Waals surface area contributed by atoms with Crippen LogP contribution in [0.15, 0.2) is 41.3 Å². The van der Waals surface area contributed by atoms with Crippen LogP contribution in [0, 0.1) is 0 Å². The standard InChI is InChI=1S/C23H27N3O4S/c1-14-22(27)25-20-10-15(4-5-21(20)31-14)23(28)26-8-6-16(7-9-26)24-17-11-18(29-2)13-19(12-17)30-3/h4-5,10-14,16,24H,6-9H2,1-3H3,(H,25,27)/t14-/m0/s1. The molecule has 0 radical (unpaired) electrons. The van der Waals surface area contributed by atoms with Crippen LogP contribution in [-0.2, 0) is 4.79 Å². The summed E-state index contributed by atoms with van der Waals surface area (Å²) in [6.45, 7) is 3.22. The van der Waals surface area contributed by atoms with Crippen molar-refractivity contribution in [3.05, 3.63) is 42.0 Å². The lowest BCUT2D eigenvalue weighted by atomic mass is 10.0. The molecule has 0 saturated carbocycles. The number of carbonyl (C=O) groups is 2. The number of likely N-dealkylation sites (tertiary alicyclic amines) is 1. The first-order valence-electron chi connectivity index (χ1n) is 10.4. The van der Waals surface area contributed by atoms with E-state index in [1.165, 1.54) is 11.8 Å². The van der Waals surface area contributed by atoms with Gasteiger partial charge in [-0.1, -0.05) is 0 Å². The highest BCUT2D eigenvalue weighted by atomic mass is 32.2. The summed E-state index contributed by atoms with van der Waals surface area (Å²) < 4.78 is 10.7. The molecule has 2 aliphatic rings. The molecule has 0 spiro atoms. The molecule has 1 atom stereocenters. The van der Waals surface area contributed by atoms with Gasteiger partial charge in [0.1, 0.15) is 11.5 Å². The van der Waals surface area contributed by atoms with Crippen LogP contribution >= 0.6 is 11.8 Å². The van der Waals surface area contributed by atoms with Gasteiger partial charge in [-0.15, -0.1) is 11.8 Å². The van der Waals surface area contributed by atoms with Gasteiger partial charge >= 0.3 is 0 Å². The van der Waals surface area contributed by atoms with Crippen molar-refractivity contribution in [1.82, 2.24) is 4.90 Å². The van der Waals surface area contributed by atoms with Crippen LogP contribution in [0.3, 0.4) is 0 Å². The lowest BCUT2D eigenvalue weighted by Crippen LogP contribution is -2.42. The van der Waals surface area contributed by atoms with Crippen molar-refractivity contribution in [2.45, 2.75) is 36.0 Å². The minimum Gasteiger partial charge on any atom is -0.497 e. The highest BCUT2D eigenvalue weighted by molar-refractivity contribution is 8.00. The second kappa shape index (κ2) is 9.09. The number of fused-ring (bicyclic) bond motifs is 1. The maximum atomic E-state index is 13.0. The third kappa shape index (κ3) is 4.74. The molecule has 2 aromatic rings. The predicted molar refractivity (Wildman–Crippen MR) is 122 cm³/mol. The van der Waals surface area contributed by atoms with E-state index in [2.05, 4.69) is 10.6 Å². The molecular weight excluding hydrogens is 414 g/mol. The van der Waals surface area contributed by atoms with Gasteiger partial charge < -0.3 is 25.0 Å². The van der Waals surface area contributed by atoms with E-state index < -0.39 is 0 Å². The quantitative estimate of drug-likeness (QED) is 0.734. The first kappa shape index (κ1) is 21.4. The fraction of sp³-hybridized carbons (Fsp3) is 0.391. The molecule has 2 amide bonds. The maximum Gasteiger partial charge on any atom is 0.253 e. The predicted octanol–water partition coefficient (Wildman–Crippen LogP) is 3.85. The average molecular weight is 442 g/mol. The Bertz CT molecular complexity index is 967. The number of nitrogens with one attached hydrogen (secondary N) is 2. The summed E-state index contributed by atoms with van der Waals surface area (Å²) in [5, 5.41) is 6.31. The summed E-state index contributed by atoms with van der Waals surface area (Å²) in [7, 11) is 3.27. The van der Waals surface area contributed by atoms with Gasteiger partial charge in [-0.2, -0.15) is 0 Å². The van der Waals surface area contributed by atoms with Crippen molar-refractivity contribution < 1.29 is 19.1 Å². The summed E-state index contributed by atoms with van der Waals surface area (Å²) in [6.07, 6.45) is 1.70. The topological polar surface area (TPSA) is 79.9 Å². The van der Waals surface area contributed by atoms with E-state index in [4.69, 9.17) is 9.47 Å². The maximum absolute atomic E-state index is 13.0. The van der Waals surface area contributed by atoms with Gasteiger partial charge in [-0.05, 0) is 38.0 Å². The van der Waals surface area contributed by atoms with Crippen molar-refractivity contribution in [3.63, 3.8) is 0 Å². The van der Waals surface area contributed by atoms with Crippen LogP contribution in [0.25, 0.3) is 0 Å². The first-order valence-corrected chi connectivity index (χ1v) is 11.2. The molecular formula is C23H27N3O4S. The van der Waals surface area contributed by atoms with Crippen LogP contribution in [0.1, 0.15) is 30.1 Å². The lowest BCUT2D eigenvalue weighted by molar-refractivity contribution is -0.115. The summed E-state index contributed by atoms with van der Waals surface area (Å²) in [5.74, 6) is 1.45. The zero-order valence-corrected chi connectivity index (χ0v) is 18.8. The highest BCUT2D eigenvalue weighted by Gasteiger charge is 2.27. The molecule has 4 rings (SSSR count). The van der Waals surface area contributed by atoms with Crippen molar-refractivity contribution >= 4 is 35.0 Å². The van der Waals surface area contributed by atoms with E-state index in [0.29, 0.717) is 18.7 Å². The molecule has 164 valence electrons. The third-order valence-corrected chi connectivity index (χ3v) is 6.84. The van der Waals surface area contributed by atoms with Gasteiger partial charge in [-0.25, -0.2) is 0 Å². The number of anilines is 2. The molecule has 1 fully saturated rings.